The van der Waals surface area contributed by atoms with Crippen LogP contribution in [0.15, 0.2) is 48.9 Å². The Hall–Kier alpha value is -3.27. The number of hydrogen-bond acceptors (Lipinski definition) is 8. The molecule has 36 heavy (non-hydrogen) atoms. The monoisotopic (exact) mass is 505 g/mol. The van der Waals surface area contributed by atoms with Crippen molar-refractivity contribution >= 4 is 41.0 Å². The fourth-order valence-corrected chi connectivity index (χ4v) is 4.61. The fraction of sp³-hybridized carbons (Fsp3) is 0.385. The molecule has 4 heterocycles. The number of rotatable bonds is 8. The van der Waals surface area contributed by atoms with E-state index in [1.807, 2.05) is 12.3 Å². The van der Waals surface area contributed by atoms with Crippen LogP contribution >= 0.6 is 12.4 Å². The van der Waals surface area contributed by atoms with Crippen molar-refractivity contribution in [2.45, 2.75) is 19.4 Å². The molecular weight excluding hydrogens is 474 g/mol. The SMILES string of the molecule is CN(CC1CC1)c1cc(-c2ccc3nc(Nc4cc(CN5CCNCC5)ccn4)[nH]c3c2)ncn1.Cl. The van der Waals surface area contributed by atoms with E-state index in [-0.39, 0.29) is 12.4 Å². The summed E-state index contributed by atoms with van der Waals surface area (Å²) < 4.78 is 0. The lowest BCUT2D eigenvalue weighted by Crippen LogP contribution is -2.42. The van der Waals surface area contributed by atoms with E-state index in [9.17, 15) is 0 Å². The summed E-state index contributed by atoms with van der Waals surface area (Å²) in [5.41, 5.74) is 5.04. The number of aromatic nitrogens is 5. The minimum absolute atomic E-state index is 0. The van der Waals surface area contributed by atoms with Crippen molar-refractivity contribution in [3.8, 4) is 11.3 Å². The lowest BCUT2D eigenvalue weighted by atomic mass is 10.1. The number of anilines is 3. The predicted octanol–water partition coefficient (Wildman–Crippen LogP) is 3.83. The van der Waals surface area contributed by atoms with Gasteiger partial charge in [-0.2, -0.15) is 0 Å². The summed E-state index contributed by atoms with van der Waals surface area (Å²) in [7, 11) is 2.10. The molecule has 0 radical (unpaired) electrons. The summed E-state index contributed by atoms with van der Waals surface area (Å²) in [5, 5.41) is 6.74. The molecule has 1 saturated carbocycles. The first kappa shape index (κ1) is 24.4. The van der Waals surface area contributed by atoms with Gasteiger partial charge >= 0.3 is 0 Å². The van der Waals surface area contributed by atoms with Crippen LogP contribution in [0.5, 0.6) is 0 Å². The molecule has 0 bridgehead atoms. The van der Waals surface area contributed by atoms with Crippen molar-refractivity contribution in [1.82, 2.24) is 35.1 Å². The van der Waals surface area contributed by atoms with Crippen LogP contribution in [0.3, 0.4) is 0 Å². The molecule has 9 nitrogen and oxygen atoms in total. The molecule has 1 aliphatic heterocycles. The van der Waals surface area contributed by atoms with Crippen LogP contribution in [0.4, 0.5) is 17.6 Å². The maximum atomic E-state index is 4.71. The Kier molecular flexibility index (Phi) is 7.31. The second-order valence-corrected chi connectivity index (χ2v) is 9.60. The van der Waals surface area contributed by atoms with Gasteiger partial charge < -0.3 is 20.5 Å². The van der Waals surface area contributed by atoms with Gasteiger partial charge in [0.25, 0.3) is 0 Å². The third-order valence-electron chi connectivity index (χ3n) is 6.74. The summed E-state index contributed by atoms with van der Waals surface area (Å²) in [6, 6.07) is 12.4. The zero-order chi connectivity index (χ0) is 23.6. The van der Waals surface area contributed by atoms with Crippen molar-refractivity contribution < 1.29 is 0 Å². The topological polar surface area (TPSA) is 97.9 Å². The molecule has 6 rings (SSSR count). The van der Waals surface area contributed by atoms with Gasteiger partial charge in [-0.15, -0.1) is 12.4 Å². The van der Waals surface area contributed by atoms with Gasteiger partial charge in [0.2, 0.25) is 5.95 Å². The van der Waals surface area contributed by atoms with Crippen LogP contribution in [0.1, 0.15) is 18.4 Å². The van der Waals surface area contributed by atoms with Gasteiger partial charge in [-0.05, 0) is 48.6 Å². The Morgan fingerprint density at radius 3 is 2.75 bits per heavy atom. The summed E-state index contributed by atoms with van der Waals surface area (Å²) in [5.74, 6) is 3.23. The highest BCUT2D eigenvalue weighted by Gasteiger charge is 2.23. The second kappa shape index (κ2) is 10.8. The van der Waals surface area contributed by atoms with Crippen molar-refractivity contribution in [1.29, 1.82) is 0 Å². The van der Waals surface area contributed by atoms with Crippen molar-refractivity contribution in [3.63, 3.8) is 0 Å². The van der Waals surface area contributed by atoms with E-state index in [0.29, 0.717) is 5.95 Å². The molecule has 0 atom stereocenters. The standard InChI is InChI=1S/C26H31N9.ClH/c1-34(15-18-2-3-18)25-14-22(29-17-30-25)20-4-5-21-23(13-20)32-26(31-21)33-24-12-19(6-7-28-24)16-35-10-8-27-9-11-35;/h4-7,12-14,17-18,27H,2-3,8-11,15-16H2,1H3,(H2,28,31,32,33);1H. The normalized spacial score (nSPS) is 16.0. The third-order valence-corrected chi connectivity index (χ3v) is 6.74. The van der Waals surface area contributed by atoms with Gasteiger partial charge in [0.1, 0.15) is 18.0 Å². The van der Waals surface area contributed by atoms with Gasteiger partial charge in [-0.25, -0.2) is 19.9 Å². The van der Waals surface area contributed by atoms with Gasteiger partial charge in [0, 0.05) is 64.1 Å². The first-order valence-corrected chi connectivity index (χ1v) is 12.4. The van der Waals surface area contributed by atoms with Gasteiger partial charge in [-0.1, -0.05) is 6.07 Å². The van der Waals surface area contributed by atoms with Crippen molar-refractivity contribution in [3.05, 3.63) is 54.5 Å². The number of hydrogen-bond donors (Lipinski definition) is 3. The van der Waals surface area contributed by atoms with Crippen LogP contribution in [0, 0.1) is 5.92 Å². The van der Waals surface area contributed by atoms with E-state index in [4.69, 9.17) is 4.98 Å². The molecule has 1 saturated heterocycles. The Morgan fingerprint density at radius 2 is 1.92 bits per heavy atom. The van der Waals surface area contributed by atoms with E-state index >= 15 is 0 Å². The summed E-state index contributed by atoms with van der Waals surface area (Å²) in [6.07, 6.45) is 6.15. The lowest BCUT2D eigenvalue weighted by molar-refractivity contribution is 0.233. The van der Waals surface area contributed by atoms with Gasteiger partial charge in [-0.3, -0.25) is 4.90 Å². The first-order chi connectivity index (χ1) is 17.2. The highest BCUT2D eigenvalue weighted by atomic mass is 35.5. The minimum Gasteiger partial charge on any atom is -0.359 e. The second-order valence-electron chi connectivity index (χ2n) is 9.60. The van der Waals surface area contributed by atoms with Gasteiger partial charge in [0.05, 0.1) is 16.7 Å². The number of halogens is 1. The van der Waals surface area contributed by atoms with E-state index < -0.39 is 0 Å². The van der Waals surface area contributed by atoms with Crippen molar-refractivity contribution in [2.75, 3.05) is 50.0 Å². The number of benzene rings is 1. The largest absolute Gasteiger partial charge is 0.359 e. The van der Waals surface area contributed by atoms with E-state index in [1.54, 1.807) is 6.33 Å². The molecule has 0 amide bonds. The van der Waals surface area contributed by atoms with Gasteiger partial charge in [0.15, 0.2) is 0 Å². The molecule has 0 unspecified atom stereocenters. The Balaban J connectivity index is 0.00000267. The molecule has 0 spiro atoms. The molecular formula is C26H32ClN9. The Morgan fingerprint density at radius 1 is 1.06 bits per heavy atom. The molecule has 1 aromatic carbocycles. The summed E-state index contributed by atoms with van der Waals surface area (Å²) >= 11 is 0. The highest BCUT2D eigenvalue weighted by molar-refractivity contribution is 5.85. The van der Waals surface area contributed by atoms with E-state index in [1.165, 1.54) is 18.4 Å². The van der Waals surface area contributed by atoms with Crippen LogP contribution in [-0.2, 0) is 6.54 Å². The first-order valence-electron chi connectivity index (χ1n) is 12.4. The maximum Gasteiger partial charge on any atom is 0.206 e. The predicted molar refractivity (Wildman–Crippen MR) is 146 cm³/mol. The smallest absolute Gasteiger partial charge is 0.206 e. The number of nitrogens with one attached hydrogen (secondary N) is 3. The van der Waals surface area contributed by atoms with Crippen LogP contribution in [-0.4, -0.2) is 69.6 Å². The average molecular weight is 506 g/mol. The Bertz CT molecular complexity index is 1310. The Labute approximate surface area is 217 Å². The van der Waals surface area contributed by atoms with Crippen molar-refractivity contribution in [2.24, 2.45) is 5.92 Å². The number of piperazine rings is 1. The number of H-pyrrole nitrogens is 1. The molecule has 2 fully saturated rings. The number of nitrogens with zero attached hydrogens (tertiary/aromatic N) is 6. The number of fused-ring (bicyclic) bond motifs is 1. The number of pyridine rings is 1. The minimum atomic E-state index is 0. The average Bonchev–Trinajstić information content (AvgIpc) is 3.61. The van der Waals surface area contributed by atoms with E-state index in [2.05, 4.69) is 77.7 Å². The fourth-order valence-electron chi connectivity index (χ4n) is 4.61. The molecule has 4 aromatic rings. The van der Waals surface area contributed by atoms with Crippen LogP contribution in [0.2, 0.25) is 0 Å². The molecule has 188 valence electrons. The third kappa shape index (κ3) is 5.75. The molecule has 3 aromatic heterocycles. The summed E-state index contributed by atoms with van der Waals surface area (Å²) in [6.45, 7) is 6.22. The molecule has 10 heteroatoms. The zero-order valence-corrected chi connectivity index (χ0v) is 21.3. The van der Waals surface area contributed by atoms with Crippen LogP contribution in [0.25, 0.3) is 22.3 Å². The molecule has 2 aliphatic rings. The molecule has 1 aliphatic carbocycles. The summed E-state index contributed by atoms with van der Waals surface area (Å²) in [4.78, 5) is 26.3. The quantitative estimate of drug-likeness (QED) is 0.332. The number of imidazole rings is 1. The number of aromatic amines is 1. The molecule has 3 N–H and O–H groups in total. The van der Waals surface area contributed by atoms with E-state index in [0.717, 1.165) is 79.1 Å². The lowest BCUT2D eigenvalue weighted by Gasteiger charge is -2.27. The maximum absolute atomic E-state index is 4.71. The highest BCUT2D eigenvalue weighted by Crippen LogP contribution is 2.31. The zero-order valence-electron chi connectivity index (χ0n) is 20.4. The van der Waals surface area contributed by atoms with Crippen LogP contribution < -0.4 is 15.5 Å².